The number of ether oxygens (including phenoxy) is 2. The van der Waals surface area contributed by atoms with Gasteiger partial charge in [-0.05, 0) is 43.4 Å². The Morgan fingerprint density at radius 1 is 1.10 bits per heavy atom. The lowest BCUT2D eigenvalue weighted by atomic mass is 10.1. The molecule has 2 aromatic heterocycles. The van der Waals surface area contributed by atoms with Gasteiger partial charge < -0.3 is 14.0 Å². The van der Waals surface area contributed by atoms with Gasteiger partial charge in [0.25, 0.3) is 0 Å². The van der Waals surface area contributed by atoms with E-state index in [9.17, 15) is 9.59 Å². The van der Waals surface area contributed by atoms with Gasteiger partial charge in [-0.1, -0.05) is 25.1 Å². The summed E-state index contributed by atoms with van der Waals surface area (Å²) < 4.78 is 13.0. The molecule has 1 aromatic carbocycles. The summed E-state index contributed by atoms with van der Waals surface area (Å²) in [5, 5.41) is 4.57. The Morgan fingerprint density at radius 2 is 1.90 bits per heavy atom. The first-order valence-corrected chi connectivity index (χ1v) is 11.1. The first-order valence-electron chi connectivity index (χ1n) is 11.1. The van der Waals surface area contributed by atoms with Crippen molar-refractivity contribution in [2.45, 2.75) is 45.1 Å². The molecule has 0 radical (unpaired) electrons. The zero-order chi connectivity index (χ0) is 21.6. The number of fused-ring (bicyclic) bond motifs is 3. The number of nitrogens with one attached hydrogen (secondary N) is 1. The van der Waals surface area contributed by atoms with Gasteiger partial charge in [-0.2, -0.15) is 0 Å². The molecule has 1 atom stereocenters. The molecular formula is C24H29N3O4. The molecule has 164 valence electrons. The number of carbonyl (C=O) groups excluding carboxylic acids is 2. The summed E-state index contributed by atoms with van der Waals surface area (Å²) in [7, 11) is 0. The van der Waals surface area contributed by atoms with E-state index in [1.54, 1.807) is 0 Å². The Morgan fingerprint density at radius 3 is 2.71 bits per heavy atom. The largest absolute Gasteiger partial charge is 0.379 e. The van der Waals surface area contributed by atoms with Crippen molar-refractivity contribution in [1.29, 1.82) is 0 Å². The number of amides is 2. The van der Waals surface area contributed by atoms with Gasteiger partial charge in [0.15, 0.2) is 0 Å². The van der Waals surface area contributed by atoms with E-state index in [1.807, 2.05) is 29.0 Å². The van der Waals surface area contributed by atoms with Crippen molar-refractivity contribution < 1.29 is 19.1 Å². The van der Waals surface area contributed by atoms with E-state index in [0.29, 0.717) is 32.7 Å². The maximum absolute atomic E-state index is 12.5. The van der Waals surface area contributed by atoms with Crippen molar-refractivity contribution in [2.24, 2.45) is 0 Å². The van der Waals surface area contributed by atoms with E-state index in [1.165, 1.54) is 0 Å². The van der Waals surface area contributed by atoms with Gasteiger partial charge in [0, 0.05) is 36.6 Å². The Hall–Kier alpha value is -2.77. The van der Waals surface area contributed by atoms with Crippen LogP contribution in [0, 0.1) is 0 Å². The minimum absolute atomic E-state index is 0.212. The molecule has 0 aliphatic carbocycles. The molecule has 2 amide bonds. The molecule has 3 aromatic rings. The topological polar surface area (TPSA) is 82.4 Å². The summed E-state index contributed by atoms with van der Waals surface area (Å²) in [5.74, 6) is -0.471. The number of aryl methyl sites for hydroxylation is 1. The lowest BCUT2D eigenvalue weighted by molar-refractivity contribution is -0.135. The van der Waals surface area contributed by atoms with E-state index >= 15 is 0 Å². The third kappa shape index (κ3) is 4.78. The number of pyridine rings is 1. The Bertz CT molecular complexity index is 1080. The van der Waals surface area contributed by atoms with Crippen LogP contribution < -0.4 is 5.32 Å². The van der Waals surface area contributed by atoms with Gasteiger partial charge in [-0.25, -0.2) is 4.98 Å². The average Bonchev–Trinajstić information content (AvgIpc) is 3.09. The number of imide groups is 1. The summed E-state index contributed by atoms with van der Waals surface area (Å²) in [5.41, 5.74) is 2.89. The number of nitrogens with zero attached hydrogens (tertiary/aromatic N) is 2. The number of benzene rings is 1. The third-order valence-corrected chi connectivity index (χ3v) is 5.60. The van der Waals surface area contributed by atoms with Gasteiger partial charge in [0.1, 0.15) is 11.7 Å². The Kier molecular flexibility index (Phi) is 6.94. The molecule has 7 heteroatoms. The van der Waals surface area contributed by atoms with E-state index in [-0.39, 0.29) is 11.8 Å². The second-order valence-corrected chi connectivity index (χ2v) is 7.90. The lowest BCUT2D eigenvalue weighted by Crippen LogP contribution is -2.41. The molecule has 0 spiro atoms. The highest BCUT2D eigenvalue weighted by Crippen LogP contribution is 2.33. The molecule has 3 heterocycles. The normalized spacial score (nSPS) is 16.9. The second kappa shape index (κ2) is 10.0. The quantitative estimate of drug-likeness (QED) is 0.398. The van der Waals surface area contributed by atoms with Gasteiger partial charge >= 0.3 is 0 Å². The standard InChI is InChI=1S/C24H29N3O4/c1-2-11-30-13-14-31-12-5-6-17-15-19-18-7-3-4-8-20(18)27(23(19)25-16-17)21-9-10-22(28)26-24(21)29/h3-4,7-8,15-16,21H,2,5-6,9-14H2,1H3,(H,26,28,29). The molecule has 0 saturated carbocycles. The first-order chi connectivity index (χ1) is 15.2. The van der Waals surface area contributed by atoms with Crippen molar-refractivity contribution >= 4 is 33.8 Å². The molecule has 31 heavy (non-hydrogen) atoms. The minimum atomic E-state index is -0.429. The maximum atomic E-state index is 12.5. The SMILES string of the molecule is CCCOCCOCCCc1cnc2c(c1)c1ccccc1n2C1CCC(=O)NC1=O. The number of hydrogen-bond donors (Lipinski definition) is 1. The zero-order valence-corrected chi connectivity index (χ0v) is 17.9. The van der Waals surface area contributed by atoms with Crippen molar-refractivity contribution in [3.05, 3.63) is 42.1 Å². The van der Waals surface area contributed by atoms with Crippen LogP contribution in [0.15, 0.2) is 36.5 Å². The fraction of sp³-hybridized carbons (Fsp3) is 0.458. The molecule has 7 nitrogen and oxygen atoms in total. The first kappa shape index (κ1) is 21.5. The average molecular weight is 424 g/mol. The van der Waals surface area contributed by atoms with Crippen LogP contribution in [-0.4, -0.2) is 47.8 Å². The lowest BCUT2D eigenvalue weighted by Gasteiger charge is -2.23. The van der Waals surface area contributed by atoms with Crippen LogP contribution in [0.2, 0.25) is 0 Å². The van der Waals surface area contributed by atoms with Gasteiger partial charge in [-0.15, -0.1) is 0 Å². The molecule has 1 N–H and O–H groups in total. The Labute approximate surface area is 181 Å². The number of hydrogen-bond acceptors (Lipinski definition) is 5. The van der Waals surface area contributed by atoms with Crippen LogP contribution in [0.25, 0.3) is 21.9 Å². The van der Waals surface area contributed by atoms with Crippen LogP contribution >= 0.6 is 0 Å². The summed E-state index contributed by atoms with van der Waals surface area (Å²) >= 11 is 0. The summed E-state index contributed by atoms with van der Waals surface area (Å²) in [6, 6.07) is 9.77. The van der Waals surface area contributed by atoms with Crippen LogP contribution in [-0.2, 0) is 25.5 Å². The number of carbonyl (C=O) groups is 2. The van der Waals surface area contributed by atoms with E-state index in [2.05, 4.69) is 24.4 Å². The van der Waals surface area contributed by atoms with Gasteiger partial charge in [-0.3, -0.25) is 14.9 Å². The monoisotopic (exact) mass is 423 g/mol. The second-order valence-electron chi connectivity index (χ2n) is 7.90. The fourth-order valence-electron chi connectivity index (χ4n) is 4.14. The third-order valence-electron chi connectivity index (χ3n) is 5.60. The van der Waals surface area contributed by atoms with Crippen LogP contribution in [0.4, 0.5) is 0 Å². The summed E-state index contributed by atoms with van der Waals surface area (Å²) in [6.45, 7) is 4.82. The zero-order valence-electron chi connectivity index (χ0n) is 17.9. The van der Waals surface area contributed by atoms with E-state index < -0.39 is 6.04 Å². The molecular weight excluding hydrogens is 394 g/mol. The highest BCUT2D eigenvalue weighted by molar-refractivity contribution is 6.09. The number of aromatic nitrogens is 2. The molecule has 1 unspecified atom stereocenters. The van der Waals surface area contributed by atoms with Crippen molar-refractivity contribution in [2.75, 3.05) is 26.4 Å². The number of rotatable bonds is 10. The van der Waals surface area contributed by atoms with Gasteiger partial charge in [0.05, 0.1) is 18.7 Å². The highest BCUT2D eigenvalue weighted by Gasteiger charge is 2.30. The molecule has 4 rings (SSSR count). The van der Waals surface area contributed by atoms with E-state index in [4.69, 9.17) is 14.5 Å². The molecule has 1 fully saturated rings. The maximum Gasteiger partial charge on any atom is 0.249 e. The van der Waals surface area contributed by atoms with Crippen LogP contribution in [0.1, 0.15) is 44.2 Å². The number of piperidine rings is 1. The van der Waals surface area contributed by atoms with Gasteiger partial charge in [0.2, 0.25) is 11.8 Å². The Balaban J connectivity index is 1.50. The van der Waals surface area contributed by atoms with Crippen molar-refractivity contribution in [1.82, 2.24) is 14.9 Å². The molecule has 1 aliphatic heterocycles. The predicted molar refractivity (Wildman–Crippen MR) is 119 cm³/mol. The summed E-state index contributed by atoms with van der Waals surface area (Å²) in [6.07, 6.45) is 5.51. The van der Waals surface area contributed by atoms with Crippen LogP contribution in [0.5, 0.6) is 0 Å². The number of para-hydroxylation sites is 1. The van der Waals surface area contributed by atoms with Crippen molar-refractivity contribution in [3.8, 4) is 0 Å². The minimum Gasteiger partial charge on any atom is -0.379 e. The van der Waals surface area contributed by atoms with E-state index in [0.717, 1.165) is 53.4 Å². The molecule has 0 bridgehead atoms. The summed E-state index contributed by atoms with van der Waals surface area (Å²) in [4.78, 5) is 28.9. The van der Waals surface area contributed by atoms with Crippen molar-refractivity contribution in [3.63, 3.8) is 0 Å². The fourth-order valence-corrected chi connectivity index (χ4v) is 4.14. The smallest absolute Gasteiger partial charge is 0.249 e. The highest BCUT2D eigenvalue weighted by atomic mass is 16.5. The molecule has 1 aliphatic rings. The molecule has 1 saturated heterocycles. The van der Waals surface area contributed by atoms with Crippen LogP contribution in [0.3, 0.4) is 0 Å². The predicted octanol–water partition coefficient (Wildman–Crippen LogP) is 3.54.